The summed E-state index contributed by atoms with van der Waals surface area (Å²) in [6, 6.07) is 9.95. The molecule has 39 heavy (non-hydrogen) atoms. The number of carbonyl (C=O) groups excluding carboxylic acids is 1. The first kappa shape index (κ1) is 27.5. The third-order valence-electron chi connectivity index (χ3n) is 7.29. The number of aromatic nitrogens is 3. The smallest absolute Gasteiger partial charge is 0.408 e. The number of nitrogen functional groups attached to an aromatic ring is 1. The van der Waals surface area contributed by atoms with Crippen molar-refractivity contribution in [2.75, 3.05) is 23.7 Å². The van der Waals surface area contributed by atoms with E-state index in [4.69, 9.17) is 22.1 Å². The topological polar surface area (TPSA) is 126 Å². The molecule has 2 aromatic heterocycles. The van der Waals surface area contributed by atoms with Crippen molar-refractivity contribution < 1.29 is 14.6 Å². The molecule has 2 aliphatic rings. The Morgan fingerprint density at radius 2 is 2.00 bits per heavy atom. The van der Waals surface area contributed by atoms with Gasteiger partial charge in [-0.2, -0.15) is 0 Å². The van der Waals surface area contributed by atoms with Crippen molar-refractivity contribution in [3.05, 3.63) is 64.6 Å². The molecule has 0 radical (unpaired) electrons. The van der Waals surface area contributed by atoms with E-state index in [2.05, 4.69) is 37.3 Å². The molecule has 11 heteroatoms. The molecule has 1 aliphatic heterocycles. The number of halogens is 1. The van der Waals surface area contributed by atoms with Crippen LogP contribution in [0.15, 0.2) is 52.6 Å². The lowest BCUT2D eigenvalue weighted by molar-refractivity contribution is 0.0428. The molecule has 0 unspecified atom stereocenters. The number of ether oxygens (including phenoxy) is 1. The maximum absolute atomic E-state index is 12.8. The lowest BCUT2D eigenvalue weighted by atomic mass is 9.72. The molecule has 4 N–H and O–H groups in total. The molecule has 0 saturated carbocycles. The summed E-state index contributed by atoms with van der Waals surface area (Å²) in [5.41, 5.74) is 8.05. The number of hydrogen-bond acceptors (Lipinski definition) is 9. The van der Waals surface area contributed by atoms with E-state index < -0.39 is 11.7 Å². The van der Waals surface area contributed by atoms with Gasteiger partial charge in [0.2, 0.25) is 0 Å². The monoisotopic (exact) mass is 568 g/mol. The van der Waals surface area contributed by atoms with Crippen LogP contribution < -0.4 is 16.0 Å². The number of fused-ring (bicyclic) bond motifs is 1. The van der Waals surface area contributed by atoms with Gasteiger partial charge in [-0.1, -0.05) is 47.6 Å². The second-order valence-electron chi connectivity index (χ2n) is 11.1. The minimum Gasteiger partial charge on any atom is -0.444 e. The SMILES string of the molecule is CC(C)(C)OC(=O)N[C@@H]1c2ccccc2CC12CCN(c1ncc(Sc3ccnc(N)c3Cl)nc1CO)CC2. The van der Waals surface area contributed by atoms with E-state index in [1.54, 1.807) is 18.5 Å². The zero-order valence-corrected chi connectivity index (χ0v) is 23.8. The third-order valence-corrected chi connectivity index (χ3v) is 8.76. The fourth-order valence-electron chi connectivity index (χ4n) is 5.53. The van der Waals surface area contributed by atoms with Crippen LogP contribution in [0.2, 0.25) is 5.02 Å². The van der Waals surface area contributed by atoms with Crippen LogP contribution >= 0.6 is 23.4 Å². The van der Waals surface area contributed by atoms with Crippen LogP contribution in [0, 0.1) is 5.41 Å². The molecular formula is C28H33ClN6O3S. The Hall–Kier alpha value is -3.08. The third kappa shape index (κ3) is 5.78. The highest BCUT2D eigenvalue weighted by molar-refractivity contribution is 7.99. The number of aliphatic hydroxyl groups is 1. The van der Waals surface area contributed by atoms with E-state index >= 15 is 0 Å². The quantitative estimate of drug-likeness (QED) is 0.382. The maximum atomic E-state index is 12.8. The molecule has 5 rings (SSSR count). The van der Waals surface area contributed by atoms with Crippen LogP contribution in [0.4, 0.5) is 16.4 Å². The second kappa shape index (κ2) is 10.8. The van der Waals surface area contributed by atoms with Crippen molar-refractivity contribution in [2.45, 2.75) is 68.2 Å². The standard InChI is InChI=1S/C28H33ClN6O3S/c1-27(2,3)38-26(37)34-23-18-7-5-4-6-17(18)14-28(23)9-12-35(13-10-28)25-19(16-36)33-21(15-32-25)39-20-8-11-31-24(30)22(20)29/h4-8,11,15,23,36H,9-10,12-14,16H2,1-3H3,(H2,30,31)(H,34,37)/t23-/m1/s1. The zero-order chi connectivity index (χ0) is 27.8. The van der Waals surface area contributed by atoms with Gasteiger partial charge in [-0.25, -0.2) is 19.7 Å². The first-order valence-corrected chi connectivity index (χ1v) is 14.1. The van der Waals surface area contributed by atoms with Gasteiger partial charge in [-0.15, -0.1) is 0 Å². The molecule has 1 spiro atoms. The summed E-state index contributed by atoms with van der Waals surface area (Å²) in [5, 5.41) is 14.3. The summed E-state index contributed by atoms with van der Waals surface area (Å²) in [7, 11) is 0. The number of nitrogens with two attached hydrogens (primary N) is 1. The number of aliphatic hydroxyl groups excluding tert-OH is 1. The minimum absolute atomic E-state index is 0.127. The fourth-order valence-corrected chi connectivity index (χ4v) is 6.57. The van der Waals surface area contributed by atoms with E-state index in [0.717, 1.165) is 42.8 Å². The number of anilines is 2. The summed E-state index contributed by atoms with van der Waals surface area (Å²) in [5.74, 6) is 0.925. The van der Waals surface area contributed by atoms with Gasteiger partial charge >= 0.3 is 6.09 Å². The van der Waals surface area contributed by atoms with Gasteiger partial charge in [0, 0.05) is 29.6 Å². The van der Waals surface area contributed by atoms with Crippen LogP contribution in [0.3, 0.4) is 0 Å². The molecule has 1 aromatic carbocycles. The molecule has 1 atom stereocenters. The lowest BCUT2D eigenvalue weighted by Crippen LogP contribution is -2.48. The van der Waals surface area contributed by atoms with Crippen LogP contribution in [-0.4, -0.2) is 44.8 Å². The Morgan fingerprint density at radius 3 is 2.72 bits per heavy atom. The largest absolute Gasteiger partial charge is 0.444 e. The number of nitrogens with one attached hydrogen (secondary N) is 1. The number of piperidine rings is 1. The van der Waals surface area contributed by atoms with Crippen molar-refractivity contribution in [2.24, 2.45) is 5.41 Å². The Labute approximate surface area is 237 Å². The normalized spacial score (nSPS) is 18.2. The number of benzene rings is 1. The number of rotatable bonds is 5. The van der Waals surface area contributed by atoms with E-state index in [-0.39, 0.29) is 23.9 Å². The molecule has 206 valence electrons. The first-order valence-electron chi connectivity index (χ1n) is 13.0. The Morgan fingerprint density at radius 1 is 1.26 bits per heavy atom. The molecule has 0 bridgehead atoms. The van der Waals surface area contributed by atoms with Gasteiger partial charge in [-0.3, -0.25) is 0 Å². The number of amides is 1. The van der Waals surface area contributed by atoms with Crippen molar-refractivity contribution in [3.63, 3.8) is 0 Å². The number of nitrogens with zero attached hydrogens (tertiary/aromatic N) is 4. The molecule has 1 saturated heterocycles. The summed E-state index contributed by atoms with van der Waals surface area (Å²) >= 11 is 7.61. The first-order chi connectivity index (χ1) is 18.6. The summed E-state index contributed by atoms with van der Waals surface area (Å²) in [6.07, 6.45) is 5.46. The molecule has 1 fully saturated rings. The van der Waals surface area contributed by atoms with Crippen LogP contribution in [-0.2, 0) is 17.8 Å². The average molecular weight is 569 g/mol. The lowest BCUT2D eigenvalue weighted by Gasteiger charge is -2.44. The Balaban J connectivity index is 1.33. The minimum atomic E-state index is -0.572. The van der Waals surface area contributed by atoms with Crippen LogP contribution in [0.1, 0.15) is 56.5 Å². The van der Waals surface area contributed by atoms with Crippen molar-refractivity contribution in [3.8, 4) is 0 Å². The zero-order valence-electron chi connectivity index (χ0n) is 22.3. The molecular weight excluding hydrogens is 536 g/mol. The number of carbonyl (C=O) groups is 1. The maximum Gasteiger partial charge on any atom is 0.408 e. The fraction of sp³-hybridized carbons (Fsp3) is 0.429. The van der Waals surface area contributed by atoms with Gasteiger partial charge in [0.15, 0.2) is 5.82 Å². The number of alkyl carbamates (subject to hydrolysis) is 1. The highest BCUT2D eigenvalue weighted by Gasteiger charge is 2.49. The Bertz CT molecular complexity index is 1370. The predicted octanol–water partition coefficient (Wildman–Crippen LogP) is 5.16. The van der Waals surface area contributed by atoms with Crippen molar-refractivity contribution in [1.29, 1.82) is 0 Å². The Kier molecular flexibility index (Phi) is 7.63. The van der Waals surface area contributed by atoms with E-state index in [1.165, 1.54) is 17.3 Å². The number of pyridine rings is 1. The van der Waals surface area contributed by atoms with Gasteiger partial charge in [0.25, 0.3) is 0 Å². The molecule has 1 aliphatic carbocycles. The summed E-state index contributed by atoms with van der Waals surface area (Å²) in [6.45, 7) is 6.82. The highest BCUT2D eigenvalue weighted by atomic mass is 35.5. The van der Waals surface area contributed by atoms with Crippen molar-refractivity contribution in [1.82, 2.24) is 20.3 Å². The average Bonchev–Trinajstić information content (AvgIpc) is 3.18. The second-order valence-corrected chi connectivity index (χ2v) is 12.5. The number of hydrogen-bond donors (Lipinski definition) is 3. The van der Waals surface area contributed by atoms with Gasteiger partial charge < -0.3 is 25.8 Å². The molecule has 9 nitrogen and oxygen atoms in total. The highest BCUT2D eigenvalue weighted by Crippen LogP contribution is 2.52. The van der Waals surface area contributed by atoms with Gasteiger partial charge in [-0.05, 0) is 57.2 Å². The summed E-state index contributed by atoms with van der Waals surface area (Å²) in [4.78, 5) is 29.0. The van der Waals surface area contributed by atoms with E-state index in [1.807, 2.05) is 32.9 Å². The van der Waals surface area contributed by atoms with E-state index in [0.29, 0.717) is 21.6 Å². The van der Waals surface area contributed by atoms with Crippen molar-refractivity contribution >= 4 is 41.1 Å². The summed E-state index contributed by atoms with van der Waals surface area (Å²) < 4.78 is 5.61. The van der Waals surface area contributed by atoms with Gasteiger partial charge in [0.05, 0.1) is 23.9 Å². The van der Waals surface area contributed by atoms with E-state index in [9.17, 15) is 9.90 Å². The molecule has 1 amide bonds. The molecule has 3 aromatic rings. The molecule has 3 heterocycles. The van der Waals surface area contributed by atoms with Crippen LogP contribution in [0.5, 0.6) is 0 Å². The van der Waals surface area contributed by atoms with Crippen LogP contribution in [0.25, 0.3) is 0 Å². The predicted molar refractivity (Wildman–Crippen MR) is 152 cm³/mol. The van der Waals surface area contributed by atoms with Gasteiger partial charge in [0.1, 0.15) is 22.1 Å².